The Morgan fingerprint density at radius 2 is 1.81 bits per heavy atom. The molecule has 110 valence electrons. The van der Waals surface area contributed by atoms with Crippen molar-refractivity contribution >= 4 is 5.97 Å². The maximum atomic E-state index is 13.6. The van der Waals surface area contributed by atoms with Crippen LogP contribution >= 0.6 is 0 Å². The van der Waals surface area contributed by atoms with Gasteiger partial charge in [0.25, 0.3) is 0 Å². The van der Waals surface area contributed by atoms with Crippen molar-refractivity contribution in [1.29, 1.82) is 0 Å². The molecule has 4 heteroatoms. The van der Waals surface area contributed by atoms with Crippen LogP contribution in [0.3, 0.4) is 0 Å². The highest BCUT2D eigenvalue weighted by atomic mass is 19.1. The summed E-state index contributed by atoms with van der Waals surface area (Å²) in [6.45, 7) is 3.82. The largest absolute Gasteiger partial charge is 0.478 e. The minimum absolute atomic E-state index is 0.0189. The van der Waals surface area contributed by atoms with Crippen LogP contribution in [-0.2, 0) is 11.2 Å². The lowest BCUT2D eigenvalue weighted by Crippen LogP contribution is -2.29. The topological polar surface area (TPSA) is 46.5 Å². The number of hydrogen-bond acceptors (Lipinski definition) is 2. The summed E-state index contributed by atoms with van der Waals surface area (Å²) in [5.74, 6) is -1.05. The molecule has 0 unspecified atom stereocenters. The summed E-state index contributed by atoms with van der Waals surface area (Å²) >= 11 is 0. The maximum Gasteiger partial charge on any atom is 0.345 e. The molecule has 1 atom stereocenters. The number of halogens is 1. The van der Waals surface area contributed by atoms with Gasteiger partial charge in [0.2, 0.25) is 0 Å². The number of carbonyl (C=O) groups is 1. The molecule has 0 radical (unpaired) electrons. The summed E-state index contributed by atoms with van der Waals surface area (Å²) in [5.41, 5.74) is 2.30. The summed E-state index contributed by atoms with van der Waals surface area (Å²) in [6.07, 6.45) is -1.14. The average Bonchev–Trinajstić information content (AvgIpc) is 2.39. The fourth-order valence-corrected chi connectivity index (χ4v) is 2.21. The van der Waals surface area contributed by atoms with Crippen LogP contribution in [0.4, 0.5) is 4.39 Å². The fourth-order valence-electron chi connectivity index (χ4n) is 2.21. The van der Waals surface area contributed by atoms with Crippen LogP contribution in [0.5, 0.6) is 5.75 Å². The third-order valence-corrected chi connectivity index (χ3v) is 3.11. The molecule has 21 heavy (non-hydrogen) atoms. The molecule has 2 rings (SSSR count). The van der Waals surface area contributed by atoms with Crippen LogP contribution in [0, 0.1) is 19.7 Å². The zero-order chi connectivity index (χ0) is 15.4. The van der Waals surface area contributed by atoms with Gasteiger partial charge in [-0.1, -0.05) is 24.3 Å². The number of aryl methyl sites for hydroxylation is 2. The van der Waals surface area contributed by atoms with E-state index in [1.54, 1.807) is 30.3 Å². The van der Waals surface area contributed by atoms with Gasteiger partial charge in [0.05, 0.1) is 0 Å². The van der Waals surface area contributed by atoms with Crippen LogP contribution in [-0.4, -0.2) is 17.2 Å². The number of ether oxygens (including phenoxy) is 1. The Bertz CT molecular complexity index is 632. The first-order chi connectivity index (χ1) is 9.95. The van der Waals surface area contributed by atoms with E-state index < -0.39 is 17.9 Å². The van der Waals surface area contributed by atoms with Gasteiger partial charge in [0.15, 0.2) is 6.10 Å². The second-order valence-electron chi connectivity index (χ2n) is 5.06. The van der Waals surface area contributed by atoms with E-state index in [0.29, 0.717) is 11.3 Å². The molecule has 0 fully saturated rings. The molecular formula is C17H17FO3. The van der Waals surface area contributed by atoms with Gasteiger partial charge in [-0.05, 0) is 48.7 Å². The van der Waals surface area contributed by atoms with E-state index in [1.807, 2.05) is 19.9 Å². The van der Waals surface area contributed by atoms with E-state index in [4.69, 9.17) is 4.74 Å². The Morgan fingerprint density at radius 3 is 2.38 bits per heavy atom. The Balaban J connectivity index is 2.20. The Hall–Kier alpha value is -2.36. The molecule has 0 aromatic heterocycles. The van der Waals surface area contributed by atoms with Crippen molar-refractivity contribution in [2.75, 3.05) is 0 Å². The quantitative estimate of drug-likeness (QED) is 0.915. The smallest absolute Gasteiger partial charge is 0.345 e. The summed E-state index contributed by atoms with van der Waals surface area (Å²) in [6, 6.07) is 11.6. The van der Waals surface area contributed by atoms with Crippen LogP contribution in [0.25, 0.3) is 0 Å². The van der Waals surface area contributed by atoms with E-state index in [-0.39, 0.29) is 6.42 Å². The molecule has 0 aliphatic heterocycles. The molecule has 0 spiro atoms. The average molecular weight is 288 g/mol. The van der Waals surface area contributed by atoms with E-state index in [0.717, 1.165) is 11.1 Å². The van der Waals surface area contributed by atoms with Gasteiger partial charge in [0, 0.05) is 6.42 Å². The predicted octanol–water partition coefficient (Wildman–Crippen LogP) is 3.52. The van der Waals surface area contributed by atoms with Crippen LogP contribution < -0.4 is 4.74 Å². The molecule has 0 bridgehead atoms. The maximum absolute atomic E-state index is 13.6. The molecule has 0 saturated heterocycles. The molecule has 0 heterocycles. The molecule has 0 saturated carbocycles. The SMILES string of the molecule is Cc1cc(C)cc(O[C@@H](Cc2ccccc2F)C(=O)O)c1. The van der Waals surface area contributed by atoms with Gasteiger partial charge < -0.3 is 9.84 Å². The van der Waals surface area contributed by atoms with Crippen molar-refractivity contribution in [3.05, 3.63) is 65.0 Å². The van der Waals surface area contributed by atoms with Gasteiger partial charge in [0.1, 0.15) is 11.6 Å². The van der Waals surface area contributed by atoms with Crippen LogP contribution in [0.1, 0.15) is 16.7 Å². The number of carboxylic acid groups (broad SMARTS) is 1. The number of hydrogen-bond donors (Lipinski definition) is 1. The van der Waals surface area contributed by atoms with Gasteiger partial charge in [-0.3, -0.25) is 0 Å². The highest BCUT2D eigenvalue weighted by Gasteiger charge is 2.21. The fraction of sp³-hybridized carbons (Fsp3) is 0.235. The lowest BCUT2D eigenvalue weighted by Gasteiger charge is -2.16. The van der Waals surface area contributed by atoms with Crippen LogP contribution in [0.2, 0.25) is 0 Å². The Morgan fingerprint density at radius 1 is 1.19 bits per heavy atom. The van der Waals surface area contributed by atoms with Crippen LogP contribution in [0.15, 0.2) is 42.5 Å². The molecule has 0 aliphatic rings. The molecule has 3 nitrogen and oxygen atoms in total. The standard InChI is InChI=1S/C17H17FO3/c1-11-7-12(2)9-14(8-11)21-16(17(19)20)10-13-5-3-4-6-15(13)18/h3-9,16H,10H2,1-2H3,(H,19,20)/t16-/m0/s1. The minimum atomic E-state index is -1.12. The highest BCUT2D eigenvalue weighted by molar-refractivity contribution is 5.73. The number of aliphatic carboxylic acids is 1. The van der Waals surface area contributed by atoms with Crippen molar-refractivity contribution < 1.29 is 19.0 Å². The monoisotopic (exact) mass is 288 g/mol. The second-order valence-corrected chi connectivity index (χ2v) is 5.06. The molecule has 2 aromatic rings. The van der Waals surface area contributed by atoms with Crippen molar-refractivity contribution in [2.45, 2.75) is 26.4 Å². The third kappa shape index (κ3) is 4.05. The minimum Gasteiger partial charge on any atom is -0.478 e. The van der Waals surface area contributed by atoms with E-state index in [1.165, 1.54) is 6.07 Å². The van der Waals surface area contributed by atoms with Crippen molar-refractivity contribution in [2.24, 2.45) is 0 Å². The van der Waals surface area contributed by atoms with Crippen molar-refractivity contribution in [3.63, 3.8) is 0 Å². The van der Waals surface area contributed by atoms with Crippen molar-refractivity contribution in [3.8, 4) is 5.75 Å². The first kappa shape index (κ1) is 15.0. The summed E-state index contributed by atoms with van der Waals surface area (Å²) in [5, 5.41) is 9.28. The molecule has 0 aliphatic carbocycles. The molecule has 1 N–H and O–H groups in total. The molecule has 2 aromatic carbocycles. The van der Waals surface area contributed by atoms with E-state index in [2.05, 4.69) is 0 Å². The zero-order valence-electron chi connectivity index (χ0n) is 12.0. The zero-order valence-corrected chi connectivity index (χ0v) is 12.0. The lowest BCUT2D eigenvalue weighted by molar-refractivity contribution is -0.145. The number of carboxylic acids is 1. The van der Waals surface area contributed by atoms with Gasteiger partial charge in [-0.2, -0.15) is 0 Å². The van der Waals surface area contributed by atoms with Gasteiger partial charge in [-0.25, -0.2) is 9.18 Å². The molecular weight excluding hydrogens is 271 g/mol. The third-order valence-electron chi connectivity index (χ3n) is 3.11. The van der Waals surface area contributed by atoms with Gasteiger partial charge in [-0.15, -0.1) is 0 Å². The summed E-state index contributed by atoms with van der Waals surface area (Å²) in [4.78, 5) is 11.3. The first-order valence-corrected chi connectivity index (χ1v) is 6.67. The summed E-state index contributed by atoms with van der Waals surface area (Å²) < 4.78 is 19.2. The highest BCUT2D eigenvalue weighted by Crippen LogP contribution is 2.19. The lowest BCUT2D eigenvalue weighted by atomic mass is 10.1. The first-order valence-electron chi connectivity index (χ1n) is 6.67. The summed E-state index contributed by atoms with van der Waals surface area (Å²) in [7, 11) is 0. The van der Waals surface area contributed by atoms with E-state index in [9.17, 15) is 14.3 Å². The Labute approximate surface area is 123 Å². The van der Waals surface area contributed by atoms with Crippen molar-refractivity contribution in [1.82, 2.24) is 0 Å². The normalized spacial score (nSPS) is 12.0. The Kier molecular flexibility index (Phi) is 4.58. The number of rotatable bonds is 5. The second kappa shape index (κ2) is 6.39. The van der Waals surface area contributed by atoms with Gasteiger partial charge >= 0.3 is 5.97 Å². The number of benzene rings is 2. The predicted molar refractivity (Wildman–Crippen MR) is 78.1 cm³/mol. The van der Waals surface area contributed by atoms with E-state index >= 15 is 0 Å². The molecule has 0 amide bonds.